The average molecular weight is 488 g/mol. The fraction of sp³-hybridized carbons (Fsp3) is 0.160. The molecule has 10 heteroatoms. The first kappa shape index (κ1) is 22.5. The number of aromatic nitrogens is 2. The van der Waals surface area contributed by atoms with Gasteiger partial charge in [-0.3, -0.25) is 20.1 Å². The van der Waals surface area contributed by atoms with Gasteiger partial charge in [-0.05, 0) is 60.2 Å². The highest BCUT2D eigenvalue weighted by molar-refractivity contribution is 7.80. The Bertz CT molecular complexity index is 1360. The van der Waals surface area contributed by atoms with Gasteiger partial charge in [-0.2, -0.15) is 0 Å². The number of methoxy groups -OCH3 is 1. The first-order chi connectivity index (χ1) is 17.0. The van der Waals surface area contributed by atoms with Crippen molar-refractivity contribution in [2.24, 2.45) is 0 Å². The molecule has 176 valence electrons. The Labute approximate surface area is 206 Å². The number of nitro benzene ring substituents is 1. The molecule has 35 heavy (non-hydrogen) atoms. The van der Waals surface area contributed by atoms with Gasteiger partial charge in [0, 0.05) is 31.2 Å². The molecule has 4 aromatic rings. The van der Waals surface area contributed by atoms with E-state index < -0.39 is 4.92 Å². The van der Waals surface area contributed by atoms with Crippen molar-refractivity contribution in [3.05, 3.63) is 106 Å². The molecule has 3 aromatic heterocycles. The van der Waals surface area contributed by atoms with Gasteiger partial charge in [0.1, 0.15) is 23.3 Å². The van der Waals surface area contributed by atoms with E-state index in [1.165, 1.54) is 19.2 Å². The van der Waals surface area contributed by atoms with E-state index in [0.717, 1.165) is 11.3 Å². The highest BCUT2D eigenvalue weighted by atomic mass is 32.1. The molecule has 1 N–H and O–H groups in total. The Hall–Kier alpha value is -4.31. The summed E-state index contributed by atoms with van der Waals surface area (Å²) in [5.41, 5.74) is 2.46. The number of pyridine rings is 2. The Kier molecular flexibility index (Phi) is 6.11. The molecule has 1 saturated heterocycles. The van der Waals surface area contributed by atoms with Crippen LogP contribution in [0.2, 0.25) is 0 Å². The number of benzene rings is 1. The van der Waals surface area contributed by atoms with Crippen LogP contribution in [0.4, 0.5) is 5.69 Å². The zero-order valence-corrected chi connectivity index (χ0v) is 19.5. The third-order valence-electron chi connectivity index (χ3n) is 5.88. The van der Waals surface area contributed by atoms with Gasteiger partial charge in [-0.25, -0.2) is 0 Å². The van der Waals surface area contributed by atoms with Crippen LogP contribution in [0.5, 0.6) is 5.75 Å². The van der Waals surface area contributed by atoms with Crippen molar-refractivity contribution >= 4 is 23.0 Å². The zero-order chi connectivity index (χ0) is 24.4. The lowest BCUT2D eigenvalue weighted by Gasteiger charge is -2.26. The summed E-state index contributed by atoms with van der Waals surface area (Å²) in [6, 6.07) is 17.3. The van der Waals surface area contributed by atoms with Crippen LogP contribution < -0.4 is 10.1 Å². The zero-order valence-electron chi connectivity index (χ0n) is 18.7. The van der Waals surface area contributed by atoms with Gasteiger partial charge in [-0.1, -0.05) is 6.07 Å². The van der Waals surface area contributed by atoms with Gasteiger partial charge < -0.3 is 19.4 Å². The van der Waals surface area contributed by atoms with Crippen LogP contribution >= 0.6 is 12.2 Å². The van der Waals surface area contributed by atoms with Gasteiger partial charge in [0.05, 0.1) is 35.4 Å². The molecule has 0 radical (unpaired) electrons. The topological polar surface area (TPSA) is 107 Å². The second-order valence-corrected chi connectivity index (χ2v) is 8.34. The van der Waals surface area contributed by atoms with Crippen LogP contribution in [0.25, 0.3) is 11.3 Å². The summed E-state index contributed by atoms with van der Waals surface area (Å²) in [6.45, 7) is 0.555. The summed E-state index contributed by atoms with van der Waals surface area (Å²) in [4.78, 5) is 21.4. The molecule has 9 nitrogen and oxygen atoms in total. The van der Waals surface area contributed by atoms with Gasteiger partial charge in [-0.15, -0.1) is 0 Å². The number of nitro groups is 1. The summed E-state index contributed by atoms with van der Waals surface area (Å²) in [5, 5.41) is 15.2. The van der Waals surface area contributed by atoms with Crippen LogP contribution in [0.1, 0.15) is 29.1 Å². The lowest BCUT2D eigenvalue weighted by molar-refractivity contribution is -0.384. The molecule has 0 unspecified atom stereocenters. The Morgan fingerprint density at radius 2 is 1.97 bits per heavy atom. The number of ether oxygens (including phenoxy) is 1. The van der Waals surface area contributed by atoms with Crippen molar-refractivity contribution in [3.63, 3.8) is 0 Å². The summed E-state index contributed by atoms with van der Waals surface area (Å²) in [5.74, 6) is 1.57. The molecule has 1 fully saturated rings. The van der Waals surface area contributed by atoms with E-state index in [-0.39, 0.29) is 17.8 Å². The summed E-state index contributed by atoms with van der Waals surface area (Å²) in [6.07, 6.45) is 5.25. The van der Waals surface area contributed by atoms with Crippen LogP contribution in [-0.2, 0) is 6.54 Å². The molecule has 1 aliphatic rings. The molecule has 0 amide bonds. The quantitative estimate of drug-likeness (QED) is 0.223. The highest BCUT2D eigenvalue weighted by Crippen LogP contribution is 2.42. The van der Waals surface area contributed by atoms with Crippen LogP contribution in [0.3, 0.4) is 0 Å². The third-order valence-corrected chi connectivity index (χ3v) is 6.23. The standard InChI is InChI=1S/C25H21N5O4S/c1-33-22-14-17(30(31)32)5-6-18(22)20-7-8-21(34-20)24-23(19-4-2-3-11-27-19)28-25(35)29(24)15-16-9-12-26-13-10-16/h2-14,23-24H,15H2,1H3,(H,28,35)/t23-,24+/m1/s1. The van der Waals surface area contributed by atoms with Crippen molar-refractivity contribution in [2.45, 2.75) is 18.6 Å². The monoisotopic (exact) mass is 487 g/mol. The van der Waals surface area contributed by atoms with E-state index in [2.05, 4.69) is 20.2 Å². The lowest BCUT2D eigenvalue weighted by Crippen LogP contribution is -2.29. The first-order valence-corrected chi connectivity index (χ1v) is 11.3. The number of nitrogens with zero attached hydrogens (tertiary/aromatic N) is 4. The van der Waals surface area contributed by atoms with Crippen LogP contribution in [-0.4, -0.2) is 32.0 Å². The van der Waals surface area contributed by atoms with E-state index in [4.69, 9.17) is 21.4 Å². The highest BCUT2D eigenvalue weighted by Gasteiger charge is 2.41. The molecule has 4 heterocycles. The molecule has 0 aliphatic carbocycles. The smallest absolute Gasteiger partial charge is 0.273 e. The number of hydrogen-bond donors (Lipinski definition) is 1. The van der Waals surface area contributed by atoms with Crippen molar-refractivity contribution in [3.8, 4) is 17.1 Å². The minimum absolute atomic E-state index is 0.0542. The summed E-state index contributed by atoms with van der Waals surface area (Å²) in [7, 11) is 1.47. The first-order valence-electron chi connectivity index (χ1n) is 10.8. The molecule has 0 bridgehead atoms. The van der Waals surface area contributed by atoms with Crippen molar-refractivity contribution < 1.29 is 14.1 Å². The molecule has 1 aliphatic heterocycles. The van der Waals surface area contributed by atoms with Gasteiger partial charge in [0.2, 0.25) is 0 Å². The largest absolute Gasteiger partial charge is 0.496 e. The van der Waals surface area contributed by atoms with Gasteiger partial charge in [0.15, 0.2) is 5.11 Å². The molecule has 2 atom stereocenters. The predicted molar refractivity (Wildman–Crippen MR) is 133 cm³/mol. The minimum Gasteiger partial charge on any atom is -0.496 e. The number of rotatable bonds is 7. The molecule has 0 spiro atoms. The fourth-order valence-corrected chi connectivity index (χ4v) is 4.53. The summed E-state index contributed by atoms with van der Waals surface area (Å²) < 4.78 is 11.7. The number of thiocarbonyl (C=S) groups is 1. The third kappa shape index (κ3) is 4.43. The van der Waals surface area contributed by atoms with Crippen LogP contribution in [0.15, 0.2) is 83.7 Å². The predicted octanol–water partition coefficient (Wildman–Crippen LogP) is 4.83. The molecule has 1 aromatic carbocycles. The number of hydrogen-bond acceptors (Lipinski definition) is 7. The molecule has 0 saturated carbocycles. The maximum atomic E-state index is 11.2. The van der Waals surface area contributed by atoms with E-state index in [1.54, 1.807) is 24.7 Å². The Morgan fingerprint density at radius 1 is 1.14 bits per heavy atom. The molecular formula is C25H21N5O4S. The fourth-order valence-electron chi connectivity index (χ4n) is 4.22. The lowest BCUT2D eigenvalue weighted by atomic mass is 10.0. The average Bonchev–Trinajstić information content (AvgIpc) is 3.49. The van der Waals surface area contributed by atoms with Gasteiger partial charge in [0.25, 0.3) is 5.69 Å². The van der Waals surface area contributed by atoms with Crippen molar-refractivity contribution in [1.29, 1.82) is 0 Å². The number of furan rings is 1. The normalized spacial score (nSPS) is 17.3. The van der Waals surface area contributed by atoms with E-state index in [1.807, 2.05) is 42.5 Å². The number of non-ortho nitro benzene ring substituents is 1. The van der Waals surface area contributed by atoms with Crippen molar-refractivity contribution in [2.75, 3.05) is 7.11 Å². The maximum Gasteiger partial charge on any atom is 0.273 e. The van der Waals surface area contributed by atoms with E-state index in [0.29, 0.717) is 34.5 Å². The van der Waals surface area contributed by atoms with E-state index >= 15 is 0 Å². The maximum absolute atomic E-state index is 11.2. The van der Waals surface area contributed by atoms with Crippen LogP contribution in [0, 0.1) is 10.1 Å². The second-order valence-electron chi connectivity index (χ2n) is 7.95. The SMILES string of the molecule is COc1cc([N+](=O)[O-])ccc1-c1ccc([C@H]2[C@@H](c3ccccn3)NC(=S)N2Cc2ccncc2)o1. The number of nitrogens with one attached hydrogen (secondary N) is 1. The molecule has 5 rings (SSSR count). The Morgan fingerprint density at radius 3 is 2.69 bits per heavy atom. The molecular weight excluding hydrogens is 466 g/mol. The minimum atomic E-state index is -0.459. The van der Waals surface area contributed by atoms with Gasteiger partial charge >= 0.3 is 0 Å². The summed E-state index contributed by atoms with van der Waals surface area (Å²) >= 11 is 5.72. The van der Waals surface area contributed by atoms with Crippen molar-refractivity contribution in [1.82, 2.24) is 20.2 Å². The second kappa shape index (κ2) is 9.51. The Balaban J connectivity index is 1.54. The van der Waals surface area contributed by atoms with E-state index in [9.17, 15) is 10.1 Å².